The number of fused-ring (bicyclic) bond motifs is 1. The standard InChI is InChI=1S/C29H33ClFN7O/c1-7-25(39)35-14-20(6)36(15-19(35)5)27-22-12-23(30)26(21-10-8-9-11-24(21)31)34-28(22)37(16-32-27)29-18(4)13-33-38(29)17(2)3/h7-13,17,19-20H,1,14-16H2,2-6H3. The lowest BCUT2D eigenvalue weighted by atomic mass is 10.0. The third-order valence-corrected chi connectivity index (χ3v) is 7.64. The highest BCUT2D eigenvalue weighted by molar-refractivity contribution is 6.33. The number of rotatable bonds is 4. The number of halogens is 2. The number of hydrogen-bond donors (Lipinski definition) is 0. The van der Waals surface area contributed by atoms with E-state index >= 15 is 0 Å². The summed E-state index contributed by atoms with van der Waals surface area (Å²) in [5.74, 6) is 1.80. The first-order valence-electron chi connectivity index (χ1n) is 13.1. The van der Waals surface area contributed by atoms with Gasteiger partial charge in [-0.15, -0.1) is 0 Å². The minimum atomic E-state index is -0.392. The molecule has 0 aliphatic carbocycles. The van der Waals surface area contributed by atoms with Crippen LogP contribution in [0.1, 0.15) is 44.9 Å². The predicted octanol–water partition coefficient (Wildman–Crippen LogP) is 5.59. The van der Waals surface area contributed by atoms with Gasteiger partial charge >= 0.3 is 0 Å². The molecule has 1 amide bonds. The Morgan fingerprint density at radius 2 is 1.92 bits per heavy atom. The van der Waals surface area contributed by atoms with E-state index in [4.69, 9.17) is 21.6 Å². The second-order valence-corrected chi connectivity index (χ2v) is 10.9. The van der Waals surface area contributed by atoms with E-state index in [0.29, 0.717) is 41.9 Å². The van der Waals surface area contributed by atoms with Gasteiger partial charge in [-0.3, -0.25) is 9.69 Å². The molecule has 2 atom stereocenters. The summed E-state index contributed by atoms with van der Waals surface area (Å²) in [7, 11) is 0. The van der Waals surface area contributed by atoms with Crippen LogP contribution >= 0.6 is 11.6 Å². The number of amides is 1. The van der Waals surface area contributed by atoms with Crippen LogP contribution in [0.4, 0.5) is 16.0 Å². The second-order valence-electron chi connectivity index (χ2n) is 10.5. The zero-order chi connectivity index (χ0) is 28.0. The number of aliphatic imine (C=N–C) groups is 1. The van der Waals surface area contributed by atoms with Gasteiger partial charge in [-0.25, -0.2) is 19.0 Å². The number of nitrogens with zero attached hydrogens (tertiary/aromatic N) is 7. The summed E-state index contributed by atoms with van der Waals surface area (Å²) >= 11 is 6.80. The van der Waals surface area contributed by atoms with Gasteiger partial charge in [-0.1, -0.05) is 30.3 Å². The maximum absolute atomic E-state index is 14.9. The fraction of sp³-hybridized carbons (Fsp3) is 0.379. The van der Waals surface area contributed by atoms with Crippen molar-refractivity contribution in [2.24, 2.45) is 4.99 Å². The molecule has 2 aromatic heterocycles. The molecule has 2 aliphatic heterocycles. The number of benzene rings is 1. The Labute approximate surface area is 233 Å². The van der Waals surface area contributed by atoms with Crippen LogP contribution < -0.4 is 4.90 Å². The number of hydrogen-bond acceptors (Lipinski definition) is 6. The lowest BCUT2D eigenvalue weighted by molar-refractivity contribution is -0.130. The fourth-order valence-corrected chi connectivity index (χ4v) is 5.65. The van der Waals surface area contributed by atoms with E-state index in [1.54, 1.807) is 18.2 Å². The van der Waals surface area contributed by atoms with E-state index in [2.05, 4.69) is 37.3 Å². The Morgan fingerprint density at radius 1 is 1.18 bits per heavy atom. The summed E-state index contributed by atoms with van der Waals surface area (Å²) in [5, 5.41) is 4.93. The van der Waals surface area contributed by atoms with Gasteiger partial charge in [0.05, 0.1) is 22.5 Å². The van der Waals surface area contributed by atoms with Gasteiger partial charge in [-0.2, -0.15) is 5.10 Å². The molecule has 204 valence electrons. The zero-order valence-corrected chi connectivity index (χ0v) is 23.7. The molecule has 1 saturated heterocycles. The maximum atomic E-state index is 14.9. The number of aryl methyl sites for hydroxylation is 1. The molecule has 2 aliphatic rings. The van der Waals surface area contributed by atoms with Crippen LogP contribution in [0, 0.1) is 12.7 Å². The van der Waals surface area contributed by atoms with E-state index in [1.165, 1.54) is 12.1 Å². The van der Waals surface area contributed by atoms with Gasteiger partial charge < -0.3 is 9.80 Å². The number of pyridine rings is 1. The highest BCUT2D eigenvalue weighted by atomic mass is 35.5. The monoisotopic (exact) mass is 549 g/mol. The van der Waals surface area contributed by atoms with Gasteiger partial charge in [0.15, 0.2) is 0 Å². The third kappa shape index (κ3) is 4.69. The quantitative estimate of drug-likeness (QED) is 0.397. The molecule has 3 aromatic rings. The number of anilines is 2. The highest BCUT2D eigenvalue weighted by Gasteiger charge is 2.37. The molecule has 0 bridgehead atoms. The van der Waals surface area contributed by atoms with E-state index < -0.39 is 5.82 Å². The normalized spacial score (nSPS) is 19.3. The van der Waals surface area contributed by atoms with Gasteiger partial charge in [0.2, 0.25) is 5.91 Å². The summed E-state index contributed by atoms with van der Waals surface area (Å²) in [6.45, 7) is 15.3. The molecule has 10 heteroatoms. The van der Waals surface area contributed by atoms with E-state index in [-0.39, 0.29) is 24.0 Å². The summed E-state index contributed by atoms with van der Waals surface area (Å²) < 4.78 is 16.8. The van der Waals surface area contributed by atoms with Crippen molar-refractivity contribution >= 4 is 35.0 Å². The van der Waals surface area contributed by atoms with Crippen LogP contribution in [0.25, 0.3) is 11.3 Å². The largest absolute Gasteiger partial charge is 0.350 e. The molecule has 0 radical (unpaired) electrons. The van der Waals surface area contributed by atoms with Crippen LogP contribution in [-0.4, -0.2) is 68.1 Å². The summed E-state index contributed by atoms with van der Waals surface area (Å²) in [5.41, 5.74) is 2.44. The first-order valence-corrected chi connectivity index (χ1v) is 13.5. The summed E-state index contributed by atoms with van der Waals surface area (Å²) in [6.07, 6.45) is 3.19. The zero-order valence-electron chi connectivity index (χ0n) is 22.9. The number of carbonyl (C=O) groups is 1. The first-order chi connectivity index (χ1) is 18.6. The van der Waals surface area contributed by atoms with Crippen LogP contribution in [-0.2, 0) is 4.79 Å². The SMILES string of the molecule is C=CC(=O)N1CC(C)N(C2=NCN(c3c(C)cnn3C(C)C)c3nc(-c4ccccc4F)c(Cl)cc32)CC1C. The Morgan fingerprint density at radius 3 is 2.62 bits per heavy atom. The molecule has 2 unspecified atom stereocenters. The minimum absolute atomic E-state index is 0.00352. The lowest BCUT2D eigenvalue weighted by Gasteiger charge is -2.46. The van der Waals surface area contributed by atoms with Crippen molar-refractivity contribution in [1.29, 1.82) is 0 Å². The summed E-state index contributed by atoms with van der Waals surface area (Å²) in [6, 6.07) is 8.40. The van der Waals surface area contributed by atoms with Crippen LogP contribution in [0.15, 0.2) is 54.2 Å². The average molecular weight is 550 g/mol. The minimum Gasteiger partial charge on any atom is -0.350 e. The van der Waals surface area contributed by atoms with Gasteiger partial charge in [0.25, 0.3) is 0 Å². The van der Waals surface area contributed by atoms with Gasteiger partial charge in [0, 0.05) is 42.3 Å². The molecular weight excluding hydrogens is 517 g/mol. The molecule has 8 nitrogen and oxygen atoms in total. The van der Waals surface area contributed by atoms with E-state index in [1.807, 2.05) is 40.6 Å². The van der Waals surface area contributed by atoms with Crippen molar-refractivity contribution in [2.75, 3.05) is 24.7 Å². The lowest BCUT2D eigenvalue weighted by Crippen LogP contribution is -2.59. The smallest absolute Gasteiger partial charge is 0.246 e. The molecule has 0 N–H and O–H groups in total. The van der Waals surface area contributed by atoms with Crippen molar-refractivity contribution in [1.82, 2.24) is 24.6 Å². The van der Waals surface area contributed by atoms with E-state index in [0.717, 1.165) is 22.8 Å². The van der Waals surface area contributed by atoms with E-state index in [9.17, 15) is 9.18 Å². The van der Waals surface area contributed by atoms with Gasteiger partial charge in [0.1, 0.15) is 30.0 Å². The maximum Gasteiger partial charge on any atom is 0.246 e. The molecule has 0 saturated carbocycles. The van der Waals surface area contributed by atoms with Crippen molar-refractivity contribution < 1.29 is 9.18 Å². The Kier molecular flexibility index (Phi) is 7.20. The van der Waals surface area contributed by atoms with Crippen molar-refractivity contribution in [2.45, 2.75) is 52.7 Å². The molecule has 1 fully saturated rings. The molecule has 1 aromatic carbocycles. The molecular formula is C29H33ClFN7O. The van der Waals surface area contributed by atoms with Crippen LogP contribution in [0.2, 0.25) is 5.02 Å². The first kappa shape index (κ1) is 26.9. The molecule has 5 rings (SSSR count). The Bertz CT molecular complexity index is 1470. The third-order valence-electron chi connectivity index (χ3n) is 7.35. The molecule has 39 heavy (non-hydrogen) atoms. The predicted molar refractivity (Wildman–Crippen MR) is 153 cm³/mol. The van der Waals surface area contributed by atoms with Crippen molar-refractivity contribution in [3.63, 3.8) is 0 Å². The fourth-order valence-electron chi connectivity index (χ4n) is 5.40. The van der Waals surface area contributed by atoms with Gasteiger partial charge in [-0.05, 0) is 58.9 Å². The highest BCUT2D eigenvalue weighted by Crippen LogP contribution is 2.40. The average Bonchev–Trinajstić information content (AvgIpc) is 3.30. The molecule has 4 heterocycles. The Balaban J connectivity index is 1.65. The summed E-state index contributed by atoms with van der Waals surface area (Å²) in [4.78, 5) is 28.5. The van der Waals surface area contributed by atoms with Crippen LogP contribution in [0.5, 0.6) is 0 Å². The topological polar surface area (TPSA) is 69.9 Å². The van der Waals surface area contributed by atoms with Crippen molar-refractivity contribution in [3.8, 4) is 11.3 Å². The number of amidine groups is 1. The number of piperazine rings is 1. The number of aromatic nitrogens is 3. The Hall–Kier alpha value is -3.72. The van der Waals surface area contributed by atoms with Crippen LogP contribution in [0.3, 0.4) is 0 Å². The van der Waals surface area contributed by atoms with Crippen molar-refractivity contribution in [3.05, 3.63) is 71.2 Å². The second kappa shape index (κ2) is 10.4. The number of carbonyl (C=O) groups excluding carboxylic acids is 1. The molecule has 0 spiro atoms.